The highest BCUT2D eigenvalue weighted by molar-refractivity contribution is 5.76. The number of nitrogens with two attached hydrogens (primary N) is 1. The minimum Gasteiger partial charge on any atom is -0.373 e. The molecule has 0 aliphatic carbocycles. The van der Waals surface area contributed by atoms with Gasteiger partial charge in [0.1, 0.15) is 6.79 Å². The summed E-state index contributed by atoms with van der Waals surface area (Å²) < 4.78 is 17.6. The van der Waals surface area contributed by atoms with Crippen molar-refractivity contribution in [1.82, 2.24) is 5.32 Å². The molecule has 6 heteroatoms. The summed E-state index contributed by atoms with van der Waals surface area (Å²) in [6.45, 7) is 4.44. The van der Waals surface area contributed by atoms with Crippen molar-refractivity contribution in [2.45, 2.75) is 116 Å². The quantitative estimate of drug-likeness (QED) is 0.0994. The van der Waals surface area contributed by atoms with Crippen molar-refractivity contribution in [2.24, 2.45) is 5.73 Å². The first kappa shape index (κ1) is 34.0. The summed E-state index contributed by atoms with van der Waals surface area (Å²) in [6.07, 6.45) is 14.3. The fourth-order valence-corrected chi connectivity index (χ4v) is 4.75. The van der Waals surface area contributed by atoms with Gasteiger partial charge in [-0.3, -0.25) is 4.79 Å². The lowest BCUT2D eigenvalue weighted by molar-refractivity contribution is -0.126. The highest BCUT2D eigenvalue weighted by Gasteiger charge is 2.18. The Labute approximate surface area is 243 Å². The first-order valence-corrected chi connectivity index (χ1v) is 15.6. The van der Waals surface area contributed by atoms with Gasteiger partial charge in [0.25, 0.3) is 0 Å². The average molecular weight is 555 g/mol. The van der Waals surface area contributed by atoms with E-state index in [9.17, 15) is 4.79 Å². The molecule has 0 aliphatic rings. The van der Waals surface area contributed by atoms with Crippen LogP contribution in [0.2, 0.25) is 0 Å². The second kappa shape index (κ2) is 23.5. The molecule has 2 aromatic rings. The zero-order valence-corrected chi connectivity index (χ0v) is 24.9. The number of hydrogen-bond acceptors (Lipinski definition) is 5. The van der Waals surface area contributed by atoms with E-state index in [1.165, 1.54) is 51.4 Å². The van der Waals surface area contributed by atoms with Gasteiger partial charge in [0.05, 0.1) is 38.4 Å². The van der Waals surface area contributed by atoms with E-state index in [0.29, 0.717) is 32.8 Å². The Morgan fingerprint density at radius 1 is 0.750 bits per heavy atom. The Balaban J connectivity index is 1.75. The SMILES string of the molecule is CCCCCCCCCCCC(CC(=O)N[C@H](CCCN)COCOCc1ccccc1)OCc1ccccc1. The van der Waals surface area contributed by atoms with E-state index in [1.807, 2.05) is 48.5 Å². The third-order valence-corrected chi connectivity index (χ3v) is 7.09. The van der Waals surface area contributed by atoms with E-state index in [4.69, 9.17) is 19.9 Å². The summed E-state index contributed by atoms with van der Waals surface area (Å²) >= 11 is 0. The van der Waals surface area contributed by atoms with Gasteiger partial charge in [-0.05, 0) is 36.9 Å². The second-order valence-corrected chi connectivity index (χ2v) is 10.8. The van der Waals surface area contributed by atoms with Crippen LogP contribution in [0.3, 0.4) is 0 Å². The van der Waals surface area contributed by atoms with Crippen LogP contribution in [0, 0.1) is 0 Å². The summed E-state index contributed by atoms with van der Waals surface area (Å²) in [5.74, 6) is 0.00445. The molecule has 224 valence electrons. The molecular weight excluding hydrogens is 500 g/mol. The highest BCUT2D eigenvalue weighted by atomic mass is 16.7. The predicted octanol–water partition coefficient (Wildman–Crippen LogP) is 7.30. The van der Waals surface area contributed by atoms with Crippen LogP contribution in [0.4, 0.5) is 0 Å². The Hall–Kier alpha value is -2.25. The van der Waals surface area contributed by atoms with Crippen molar-refractivity contribution >= 4 is 5.91 Å². The van der Waals surface area contributed by atoms with E-state index in [2.05, 4.69) is 24.4 Å². The van der Waals surface area contributed by atoms with Crippen LogP contribution in [0.15, 0.2) is 60.7 Å². The minimum atomic E-state index is -0.102. The molecule has 1 unspecified atom stereocenters. The zero-order chi connectivity index (χ0) is 28.5. The molecule has 0 saturated heterocycles. The van der Waals surface area contributed by atoms with Gasteiger partial charge >= 0.3 is 0 Å². The summed E-state index contributed by atoms with van der Waals surface area (Å²) in [4.78, 5) is 13.1. The summed E-state index contributed by atoms with van der Waals surface area (Å²) in [7, 11) is 0. The lowest BCUT2D eigenvalue weighted by Gasteiger charge is -2.22. The van der Waals surface area contributed by atoms with Gasteiger partial charge < -0.3 is 25.3 Å². The molecule has 0 heterocycles. The maximum Gasteiger partial charge on any atom is 0.222 e. The average Bonchev–Trinajstić information content (AvgIpc) is 2.98. The smallest absolute Gasteiger partial charge is 0.222 e. The van der Waals surface area contributed by atoms with Crippen molar-refractivity contribution in [2.75, 3.05) is 19.9 Å². The van der Waals surface area contributed by atoms with Crippen molar-refractivity contribution < 1.29 is 19.0 Å². The van der Waals surface area contributed by atoms with Gasteiger partial charge in [0, 0.05) is 0 Å². The van der Waals surface area contributed by atoms with Crippen LogP contribution in [0.5, 0.6) is 0 Å². The van der Waals surface area contributed by atoms with Gasteiger partial charge in [0.2, 0.25) is 5.91 Å². The number of ether oxygens (including phenoxy) is 3. The molecule has 0 bridgehead atoms. The molecule has 2 rings (SSSR count). The summed E-state index contributed by atoms with van der Waals surface area (Å²) in [5.41, 5.74) is 7.98. The van der Waals surface area contributed by atoms with Crippen LogP contribution in [0.1, 0.15) is 102 Å². The standard InChI is InChI=1S/C34H54N2O4/c1-2-3-4-5-6-7-8-9-16-23-33(40-27-31-20-14-11-15-21-31)25-34(37)36-32(22-17-24-35)28-39-29-38-26-30-18-12-10-13-19-30/h10-15,18-21,32-33H,2-9,16-17,22-29,35H2,1H3,(H,36,37)/t32-,33?/m1/s1. The lowest BCUT2D eigenvalue weighted by Crippen LogP contribution is -2.40. The molecule has 0 spiro atoms. The minimum absolute atomic E-state index is 0.00445. The Bertz CT molecular complexity index is 850. The van der Waals surface area contributed by atoms with Crippen LogP contribution < -0.4 is 11.1 Å². The number of benzene rings is 2. The number of rotatable bonds is 25. The molecule has 1 amide bonds. The zero-order valence-electron chi connectivity index (χ0n) is 24.9. The number of carbonyl (C=O) groups excluding carboxylic acids is 1. The van der Waals surface area contributed by atoms with Gasteiger partial charge in [-0.1, -0.05) is 125 Å². The Morgan fingerprint density at radius 3 is 1.98 bits per heavy atom. The van der Waals surface area contributed by atoms with Crippen LogP contribution in [-0.4, -0.2) is 38.0 Å². The predicted molar refractivity (Wildman–Crippen MR) is 164 cm³/mol. The maximum atomic E-state index is 13.1. The van der Waals surface area contributed by atoms with Gasteiger partial charge in [-0.15, -0.1) is 0 Å². The van der Waals surface area contributed by atoms with E-state index in [-0.39, 0.29) is 24.8 Å². The molecule has 0 radical (unpaired) electrons. The van der Waals surface area contributed by atoms with Crippen molar-refractivity contribution in [3.05, 3.63) is 71.8 Å². The number of unbranched alkanes of at least 4 members (excludes halogenated alkanes) is 8. The van der Waals surface area contributed by atoms with Crippen LogP contribution >= 0.6 is 0 Å². The third-order valence-electron chi connectivity index (χ3n) is 7.09. The first-order valence-electron chi connectivity index (χ1n) is 15.6. The Kier molecular flexibility index (Phi) is 19.9. The second-order valence-electron chi connectivity index (χ2n) is 10.8. The molecule has 3 N–H and O–H groups in total. The molecule has 0 saturated carbocycles. The highest BCUT2D eigenvalue weighted by Crippen LogP contribution is 2.16. The molecule has 2 aromatic carbocycles. The van der Waals surface area contributed by atoms with E-state index >= 15 is 0 Å². The van der Waals surface area contributed by atoms with E-state index in [0.717, 1.165) is 36.8 Å². The fourth-order valence-electron chi connectivity index (χ4n) is 4.75. The van der Waals surface area contributed by atoms with Crippen LogP contribution in [-0.2, 0) is 32.2 Å². The van der Waals surface area contributed by atoms with Crippen molar-refractivity contribution in [3.63, 3.8) is 0 Å². The monoisotopic (exact) mass is 554 g/mol. The van der Waals surface area contributed by atoms with Gasteiger partial charge in [-0.2, -0.15) is 0 Å². The van der Waals surface area contributed by atoms with Crippen LogP contribution in [0.25, 0.3) is 0 Å². The number of carbonyl (C=O) groups is 1. The van der Waals surface area contributed by atoms with Crippen molar-refractivity contribution in [1.29, 1.82) is 0 Å². The molecular formula is C34H54N2O4. The summed E-state index contributed by atoms with van der Waals surface area (Å²) in [5, 5.41) is 3.17. The maximum absolute atomic E-state index is 13.1. The lowest BCUT2D eigenvalue weighted by atomic mass is 10.0. The largest absolute Gasteiger partial charge is 0.373 e. The van der Waals surface area contributed by atoms with E-state index in [1.54, 1.807) is 0 Å². The molecule has 0 aromatic heterocycles. The van der Waals surface area contributed by atoms with E-state index < -0.39 is 0 Å². The normalized spacial score (nSPS) is 12.8. The molecule has 0 aliphatic heterocycles. The fraction of sp³-hybridized carbons (Fsp3) is 0.618. The van der Waals surface area contributed by atoms with Gasteiger partial charge in [0.15, 0.2) is 0 Å². The topological polar surface area (TPSA) is 82.8 Å². The molecule has 2 atom stereocenters. The third kappa shape index (κ3) is 17.4. The number of amides is 1. The van der Waals surface area contributed by atoms with Gasteiger partial charge in [-0.25, -0.2) is 0 Å². The number of nitrogens with one attached hydrogen (secondary N) is 1. The summed E-state index contributed by atoms with van der Waals surface area (Å²) in [6, 6.07) is 20.1. The first-order chi connectivity index (χ1) is 19.7. The Morgan fingerprint density at radius 2 is 1.35 bits per heavy atom. The van der Waals surface area contributed by atoms with Crippen molar-refractivity contribution in [3.8, 4) is 0 Å². The number of hydrogen-bond donors (Lipinski definition) is 2. The molecule has 6 nitrogen and oxygen atoms in total. The molecule has 40 heavy (non-hydrogen) atoms. The molecule has 0 fully saturated rings.